The number of hydrogen-bond donors (Lipinski definition) is 1. The minimum atomic E-state index is 0.0681. The van der Waals surface area contributed by atoms with Gasteiger partial charge in [0, 0.05) is 36.9 Å². The number of amides is 2. The highest BCUT2D eigenvalue weighted by Gasteiger charge is 2.26. The van der Waals surface area contributed by atoms with Crippen LogP contribution < -0.4 is 5.32 Å². The predicted octanol–water partition coefficient (Wildman–Crippen LogP) is 2.84. The molecule has 0 bridgehead atoms. The zero-order valence-corrected chi connectivity index (χ0v) is 14.2. The van der Waals surface area contributed by atoms with Crippen LogP contribution in [0.25, 0.3) is 0 Å². The Morgan fingerprint density at radius 2 is 2.14 bits per heavy atom. The van der Waals surface area contributed by atoms with Crippen molar-refractivity contribution in [3.05, 3.63) is 22.4 Å². The molecule has 0 radical (unpaired) electrons. The Balaban J connectivity index is 1.65. The van der Waals surface area contributed by atoms with E-state index in [4.69, 9.17) is 0 Å². The third-order valence-corrected chi connectivity index (χ3v) is 5.15. The Morgan fingerprint density at radius 3 is 2.77 bits per heavy atom. The summed E-state index contributed by atoms with van der Waals surface area (Å²) >= 11 is 1.72. The smallest absolute Gasteiger partial charge is 0.223 e. The first-order valence-corrected chi connectivity index (χ1v) is 9.16. The number of piperidine rings is 1. The van der Waals surface area contributed by atoms with Crippen LogP contribution in [0.15, 0.2) is 17.5 Å². The molecule has 1 saturated heterocycles. The molecule has 0 aromatic carbocycles. The van der Waals surface area contributed by atoms with Gasteiger partial charge in [0.15, 0.2) is 0 Å². The topological polar surface area (TPSA) is 49.4 Å². The van der Waals surface area contributed by atoms with Gasteiger partial charge in [-0.05, 0) is 37.1 Å². The Bertz CT molecular complexity index is 465. The number of nitrogens with one attached hydrogen (secondary N) is 1. The number of carbonyl (C=O) groups is 2. The number of rotatable bonds is 7. The minimum Gasteiger partial charge on any atom is -0.355 e. The van der Waals surface area contributed by atoms with E-state index < -0.39 is 0 Å². The lowest BCUT2D eigenvalue weighted by atomic mass is 9.95. The highest BCUT2D eigenvalue weighted by atomic mass is 32.1. The fraction of sp³-hybridized carbons (Fsp3) is 0.647. The van der Waals surface area contributed by atoms with Crippen LogP contribution in [0.3, 0.4) is 0 Å². The standard InChI is InChI=1S/C17H26N2O2S/c1-2-3-6-16(20)19-11-8-14(9-12-19)17(21)18-10-7-15-5-4-13-22-15/h4-5,13-14H,2-3,6-12H2,1H3,(H,18,21). The number of carbonyl (C=O) groups excluding carboxylic acids is 2. The van der Waals surface area contributed by atoms with Gasteiger partial charge in [0.05, 0.1) is 0 Å². The van der Waals surface area contributed by atoms with Crippen LogP contribution in [0.2, 0.25) is 0 Å². The average Bonchev–Trinajstić information content (AvgIpc) is 3.06. The van der Waals surface area contributed by atoms with Crippen molar-refractivity contribution >= 4 is 23.2 Å². The number of nitrogens with zero attached hydrogens (tertiary/aromatic N) is 1. The summed E-state index contributed by atoms with van der Waals surface area (Å²) in [4.78, 5) is 27.4. The Morgan fingerprint density at radius 1 is 1.36 bits per heavy atom. The Hall–Kier alpha value is -1.36. The maximum absolute atomic E-state index is 12.2. The van der Waals surface area contributed by atoms with Crippen molar-refractivity contribution < 1.29 is 9.59 Å². The Kier molecular flexibility index (Phi) is 6.90. The first kappa shape index (κ1) is 17.0. The first-order chi connectivity index (χ1) is 10.7. The van der Waals surface area contributed by atoms with E-state index in [1.54, 1.807) is 11.3 Å². The number of likely N-dealkylation sites (tertiary alicyclic amines) is 1. The Labute approximate surface area is 136 Å². The van der Waals surface area contributed by atoms with Crippen LogP contribution in [0.1, 0.15) is 43.9 Å². The zero-order valence-electron chi connectivity index (χ0n) is 13.3. The fourth-order valence-electron chi connectivity index (χ4n) is 2.79. The monoisotopic (exact) mass is 322 g/mol. The van der Waals surface area contributed by atoms with Gasteiger partial charge in [-0.15, -0.1) is 11.3 Å². The lowest BCUT2D eigenvalue weighted by Crippen LogP contribution is -2.43. The van der Waals surface area contributed by atoms with Crippen molar-refractivity contribution in [3.8, 4) is 0 Å². The molecule has 0 spiro atoms. The van der Waals surface area contributed by atoms with E-state index in [9.17, 15) is 9.59 Å². The van der Waals surface area contributed by atoms with Crippen LogP contribution >= 0.6 is 11.3 Å². The van der Waals surface area contributed by atoms with Crippen molar-refractivity contribution in [2.24, 2.45) is 5.92 Å². The average molecular weight is 322 g/mol. The van der Waals surface area contributed by atoms with Crippen LogP contribution in [-0.4, -0.2) is 36.3 Å². The fourth-order valence-corrected chi connectivity index (χ4v) is 3.49. The molecule has 2 amide bonds. The second-order valence-electron chi connectivity index (χ2n) is 5.88. The molecule has 1 aliphatic rings. The summed E-state index contributed by atoms with van der Waals surface area (Å²) in [6.07, 6.45) is 5.15. The van der Waals surface area contributed by atoms with Crippen LogP contribution in [0, 0.1) is 5.92 Å². The quantitative estimate of drug-likeness (QED) is 0.839. The molecule has 122 valence electrons. The van der Waals surface area contributed by atoms with Gasteiger partial charge in [0.1, 0.15) is 0 Å². The summed E-state index contributed by atoms with van der Waals surface area (Å²) in [5.74, 6) is 0.467. The van der Waals surface area contributed by atoms with Crippen molar-refractivity contribution in [3.63, 3.8) is 0 Å². The summed E-state index contributed by atoms with van der Waals surface area (Å²) in [6.45, 7) is 4.26. The molecule has 5 heteroatoms. The van der Waals surface area contributed by atoms with Crippen molar-refractivity contribution in [1.82, 2.24) is 10.2 Å². The van der Waals surface area contributed by atoms with E-state index in [-0.39, 0.29) is 17.7 Å². The van der Waals surface area contributed by atoms with E-state index in [2.05, 4.69) is 23.7 Å². The minimum absolute atomic E-state index is 0.0681. The lowest BCUT2D eigenvalue weighted by Gasteiger charge is -2.31. The molecule has 0 aliphatic carbocycles. The van der Waals surface area contributed by atoms with E-state index >= 15 is 0 Å². The van der Waals surface area contributed by atoms with E-state index in [0.717, 1.165) is 45.2 Å². The number of unbranched alkanes of at least 4 members (excludes halogenated alkanes) is 1. The summed E-state index contributed by atoms with van der Waals surface area (Å²) in [5.41, 5.74) is 0. The van der Waals surface area contributed by atoms with Gasteiger partial charge >= 0.3 is 0 Å². The van der Waals surface area contributed by atoms with Crippen LogP contribution in [0.4, 0.5) is 0 Å². The third kappa shape index (κ3) is 5.13. The van der Waals surface area contributed by atoms with Gasteiger partial charge < -0.3 is 10.2 Å². The molecule has 1 aromatic rings. The molecular weight excluding hydrogens is 296 g/mol. The molecule has 4 nitrogen and oxygen atoms in total. The first-order valence-electron chi connectivity index (χ1n) is 8.28. The molecule has 1 N–H and O–H groups in total. The van der Waals surface area contributed by atoms with Crippen molar-refractivity contribution in [2.75, 3.05) is 19.6 Å². The molecule has 0 saturated carbocycles. The number of thiophene rings is 1. The van der Waals surface area contributed by atoms with E-state index in [1.807, 2.05) is 11.0 Å². The molecule has 2 heterocycles. The van der Waals surface area contributed by atoms with Crippen LogP contribution in [-0.2, 0) is 16.0 Å². The van der Waals surface area contributed by atoms with Gasteiger partial charge in [-0.25, -0.2) is 0 Å². The third-order valence-electron chi connectivity index (χ3n) is 4.21. The summed E-state index contributed by atoms with van der Waals surface area (Å²) in [5, 5.41) is 5.09. The van der Waals surface area contributed by atoms with E-state index in [0.29, 0.717) is 13.0 Å². The van der Waals surface area contributed by atoms with Gasteiger partial charge in [-0.2, -0.15) is 0 Å². The molecule has 22 heavy (non-hydrogen) atoms. The molecule has 1 aliphatic heterocycles. The summed E-state index contributed by atoms with van der Waals surface area (Å²) < 4.78 is 0. The largest absolute Gasteiger partial charge is 0.355 e. The molecule has 0 atom stereocenters. The second-order valence-corrected chi connectivity index (χ2v) is 6.91. The summed E-state index contributed by atoms with van der Waals surface area (Å²) in [6, 6.07) is 4.13. The van der Waals surface area contributed by atoms with Gasteiger partial charge in [-0.3, -0.25) is 9.59 Å². The lowest BCUT2D eigenvalue weighted by molar-refractivity contribution is -0.135. The molecule has 1 fully saturated rings. The maximum Gasteiger partial charge on any atom is 0.223 e. The van der Waals surface area contributed by atoms with E-state index in [1.165, 1.54) is 4.88 Å². The van der Waals surface area contributed by atoms with Crippen molar-refractivity contribution in [2.45, 2.75) is 45.4 Å². The highest BCUT2D eigenvalue weighted by Crippen LogP contribution is 2.18. The predicted molar refractivity (Wildman–Crippen MR) is 89.9 cm³/mol. The number of hydrogen-bond acceptors (Lipinski definition) is 3. The second kappa shape index (κ2) is 8.93. The normalized spacial score (nSPS) is 15.8. The van der Waals surface area contributed by atoms with Gasteiger partial charge in [0.2, 0.25) is 11.8 Å². The maximum atomic E-state index is 12.2. The molecule has 1 aromatic heterocycles. The molecular formula is C17H26N2O2S. The van der Waals surface area contributed by atoms with Gasteiger partial charge in [-0.1, -0.05) is 19.4 Å². The molecule has 2 rings (SSSR count). The van der Waals surface area contributed by atoms with Gasteiger partial charge in [0.25, 0.3) is 0 Å². The van der Waals surface area contributed by atoms with Crippen LogP contribution in [0.5, 0.6) is 0 Å². The zero-order chi connectivity index (χ0) is 15.8. The molecule has 0 unspecified atom stereocenters. The summed E-state index contributed by atoms with van der Waals surface area (Å²) in [7, 11) is 0. The SMILES string of the molecule is CCCCC(=O)N1CCC(C(=O)NCCc2cccs2)CC1. The highest BCUT2D eigenvalue weighted by molar-refractivity contribution is 7.09. The van der Waals surface area contributed by atoms with Crippen molar-refractivity contribution in [1.29, 1.82) is 0 Å².